The number of hydrogen-bond donors (Lipinski definition) is 2. The van der Waals surface area contributed by atoms with Gasteiger partial charge < -0.3 is 20.1 Å². The first-order valence-corrected chi connectivity index (χ1v) is 8.73. The zero-order valence-electron chi connectivity index (χ0n) is 14.7. The Balaban J connectivity index is 2.15. The van der Waals surface area contributed by atoms with E-state index in [0.717, 1.165) is 25.7 Å². The summed E-state index contributed by atoms with van der Waals surface area (Å²) in [5.74, 6) is -1.27. The Bertz CT molecular complexity index is 500. The number of carboxylic acid groups (broad SMARTS) is 1. The van der Waals surface area contributed by atoms with Crippen LogP contribution in [-0.2, 0) is 14.3 Å². The molecule has 136 valence electrons. The number of fused-ring (bicyclic) bond motifs is 1. The summed E-state index contributed by atoms with van der Waals surface area (Å²) in [5.41, 5.74) is -0.647. The van der Waals surface area contributed by atoms with E-state index in [4.69, 9.17) is 4.74 Å². The largest absolute Gasteiger partial charge is 0.480 e. The first-order valence-electron chi connectivity index (χ1n) is 8.73. The maximum atomic E-state index is 12.9. The van der Waals surface area contributed by atoms with Gasteiger partial charge in [0.25, 0.3) is 0 Å². The van der Waals surface area contributed by atoms with Crippen molar-refractivity contribution >= 4 is 18.0 Å². The fraction of sp³-hybridized carbons (Fsp3) is 0.824. The Labute approximate surface area is 142 Å². The predicted octanol–water partition coefficient (Wildman–Crippen LogP) is 2.29. The van der Waals surface area contributed by atoms with Crippen LogP contribution in [0.25, 0.3) is 0 Å². The fourth-order valence-electron chi connectivity index (χ4n) is 3.53. The van der Waals surface area contributed by atoms with E-state index in [1.165, 1.54) is 4.90 Å². The normalized spacial score (nSPS) is 28.4. The highest BCUT2D eigenvalue weighted by atomic mass is 16.6. The van der Waals surface area contributed by atoms with Crippen molar-refractivity contribution in [2.75, 3.05) is 0 Å². The van der Waals surface area contributed by atoms with Gasteiger partial charge in [0.2, 0.25) is 5.91 Å². The van der Waals surface area contributed by atoms with Crippen molar-refractivity contribution in [2.45, 2.75) is 89.4 Å². The molecule has 2 aliphatic rings. The Morgan fingerprint density at radius 2 is 1.79 bits per heavy atom. The first-order chi connectivity index (χ1) is 11.2. The molecule has 0 aromatic rings. The van der Waals surface area contributed by atoms with Gasteiger partial charge in [-0.1, -0.05) is 19.3 Å². The van der Waals surface area contributed by atoms with Crippen LogP contribution in [-0.4, -0.2) is 51.7 Å². The Kier molecular flexibility index (Phi) is 5.72. The van der Waals surface area contributed by atoms with E-state index in [1.807, 2.05) is 0 Å². The average Bonchev–Trinajstić information content (AvgIpc) is 2.87. The molecule has 0 spiro atoms. The van der Waals surface area contributed by atoms with E-state index in [9.17, 15) is 19.5 Å². The van der Waals surface area contributed by atoms with Crippen LogP contribution in [0.4, 0.5) is 4.79 Å². The third-order valence-electron chi connectivity index (χ3n) is 4.56. The summed E-state index contributed by atoms with van der Waals surface area (Å²) in [7, 11) is 0. The molecule has 7 heteroatoms. The van der Waals surface area contributed by atoms with Crippen molar-refractivity contribution in [1.29, 1.82) is 0 Å². The van der Waals surface area contributed by atoms with Crippen molar-refractivity contribution in [1.82, 2.24) is 10.2 Å². The zero-order chi connectivity index (χ0) is 17.9. The second-order valence-electron chi connectivity index (χ2n) is 7.67. The van der Waals surface area contributed by atoms with Crippen LogP contribution in [0, 0.1) is 0 Å². The number of ether oxygens (including phenoxy) is 1. The minimum Gasteiger partial charge on any atom is -0.480 e. The lowest BCUT2D eigenvalue weighted by Crippen LogP contribution is -2.54. The van der Waals surface area contributed by atoms with Gasteiger partial charge in [0, 0.05) is 6.04 Å². The molecule has 0 aromatic carbocycles. The van der Waals surface area contributed by atoms with Crippen LogP contribution in [0.15, 0.2) is 0 Å². The molecule has 2 rings (SSSR count). The van der Waals surface area contributed by atoms with Gasteiger partial charge in [-0.3, -0.25) is 4.79 Å². The third-order valence-corrected chi connectivity index (χ3v) is 4.56. The molecule has 0 bridgehead atoms. The van der Waals surface area contributed by atoms with Gasteiger partial charge in [-0.25, -0.2) is 9.59 Å². The molecule has 24 heavy (non-hydrogen) atoms. The third kappa shape index (κ3) is 4.61. The van der Waals surface area contributed by atoms with Crippen LogP contribution in [0.3, 0.4) is 0 Å². The van der Waals surface area contributed by atoms with Crippen LogP contribution < -0.4 is 5.32 Å². The maximum absolute atomic E-state index is 12.9. The van der Waals surface area contributed by atoms with Crippen LogP contribution in [0.5, 0.6) is 0 Å². The van der Waals surface area contributed by atoms with Gasteiger partial charge in [-0.15, -0.1) is 0 Å². The quantitative estimate of drug-likeness (QED) is 0.804. The van der Waals surface area contributed by atoms with E-state index in [1.54, 1.807) is 20.8 Å². The molecule has 0 radical (unpaired) electrons. The highest BCUT2D eigenvalue weighted by molar-refractivity contribution is 5.90. The number of alkyl carbamates (subject to hydrolysis) is 1. The molecule has 3 atom stereocenters. The van der Waals surface area contributed by atoms with Crippen molar-refractivity contribution in [2.24, 2.45) is 0 Å². The van der Waals surface area contributed by atoms with E-state index in [2.05, 4.69) is 5.32 Å². The molecule has 0 saturated carbocycles. The van der Waals surface area contributed by atoms with Crippen molar-refractivity contribution in [3.05, 3.63) is 0 Å². The highest BCUT2D eigenvalue weighted by Crippen LogP contribution is 2.31. The standard InChI is InChI=1S/C17H28N2O5/c1-17(2,3)24-16(23)18-12-8-6-4-5-7-11-9-10-13(15(21)22)19(11)14(12)20/h11-13H,4-10H2,1-3H3,(H,18,23)(H,21,22)/t11-,12-,13-/m0/s1. The van der Waals surface area contributed by atoms with Gasteiger partial charge in [0.05, 0.1) is 0 Å². The second kappa shape index (κ2) is 7.40. The Morgan fingerprint density at radius 1 is 1.12 bits per heavy atom. The molecule has 2 saturated heterocycles. The van der Waals surface area contributed by atoms with E-state index in [0.29, 0.717) is 19.3 Å². The smallest absolute Gasteiger partial charge is 0.408 e. The molecule has 2 amide bonds. The lowest BCUT2D eigenvalue weighted by Gasteiger charge is -2.31. The number of rotatable bonds is 2. The minimum absolute atomic E-state index is 0.0420. The van der Waals surface area contributed by atoms with Crippen LogP contribution >= 0.6 is 0 Å². The number of aliphatic carboxylic acids is 1. The molecule has 0 aromatic heterocycles. The monoisotopic (exact) mass is 340 g/mol. The van der Waals surface area contributed by atoms with Crippen LogP contribution in [0.1, 0.15) is 65.7 Å². The highest BCUT2D eigenvalue weighted by Gasteiger charge is 2.43. The minimum atomic E-state index is -0.971. The topological polar surface area (TPSA) is 95.9 Å². The summed E-state index contributed by atoms with van der Waals surface area (Å²) < 4.78 is 5.24. The van der Waals surface area contributed by atoms with Gasteiger partial charge in [-0.05, 0) is 46.5 Å². The predicted molar refractivity (Wildman–Crippen MR) is 87.5 cm³/mol. The number of carboxylic acids is 1. The summed E-state index contributed by atoms with van der Waals surface area (Å²) in [6, 6.07) is -1.55. The SMILES string of the molecule is CC(C)(C)OC(=O)N[C@H]1CCCCC[C@H]2CC[C@@H](C(=O)O)N2C1=O. The summed E-state index contributed by atoms with van der Waals surface area (Å²) >= 11 is 0. The molecular formula is C17H28N2O5. The van der Waals surface area contributed by atoms with Gasteiger partial charge >= 0.3 is 12.1 Å². The lowest BCUT2D eigenvalue weighted by molar-refractivity contribution is -0.150. The van der Waals surface area contributed by atoms with Crippen molar-refractivity contribution < 1.29 is 24.2 Å². The number of nitrogens with one attached hydrogen (secondary N) is 1. The van der Waals surface area contributed by atoms with Crippen LogP contribution in [0.2, 0.25) is 0 Å². The zero-order valence-corrected chi connectivity index (χ0v) is 14.7. The Morgan fingerprint density at radius 3 is 2.42 bits per heavy atom. The molecule has 2 heterocycles. The fourth-order valence-corrected chi connectivity index (χ4v) is 3.53. The number of amides is 2. The molecule has 2 fully saturated rings. The Hall–Kier alpha value is -1.79. The van der Waals surface area contributed by atoms with Gasteiger partial charge in [0.15, 0.2) is 0 Å². The molecule has 7 nitrogen and oxygen atoms in total. The number of carbonyl (C=O) groups is 3. The molecule has 2 aliphatic heterocycles. The summed E-state index contributed by atoms with van der Waals surface area (Å²) in [6.45, 7) is 5.28. The number of carbonyl (C=O) groups excluding carboxylic acids is 2. The molecular weight excluding hydrogens is 312 g/mol. The second-order valence-corrected chi connectivity index (χ2v) is 7.67. The van der Waals surface area contributed by atoms with Gasteiger partial charge in [-0.2, -0.15) is 0 Å². The number of nitrogens with zero attached hydrogens (tertiary/aromatic N) is 1. The molecule has 0 unspecified atom stereocenters. The first kappa shape index (κ1) is 18.5. The van der Waals surface area contributed by atoms with Crippen molar-refractivity contribution in [3.8, 4) is 0 Å². The molecule has 2 N–H and O–H groups in total. The van der Waals surface area contributed by atoms with Gasteiger partial charge in [0.1, 0.15) is 17.7 Å². The van der Waals surface area contributed by atoms with E-state index < -0.39 is 29.7 Å². The number of hydrogen-bond acceptors (Lipinski definition) is 4. The lowest BCUT2D eigenvalue weighted by atomic mass is 10.1. The summed E-state index contributed by atoms with van der Waals surface area (Å²) in [4.78, 5) is 38.0. The average molecular weight is 340 g/mol. The summed E-state index contributed by atoms with van der Waals surface area (Å²) in [5, 5.41) is 12.1. The summed E-state index contributed by atoms with van der Waals surface area (Å²) in [6.07, 6.45) is 4.66. The van der Waals surface area contributed by atoms with E-state index in [-0.39, 0.29) is 11.9 Å². The van der Waals surface area contributed by atoms with Crippen molar-refractivity contribution in [3.63, 3.8) is 0 Å². The van der Waals surface area contributed by atoms with E-state index >= 15 is 0 Å². The molecule has 0 aliphatic carbocycles. The maximum Gasteiger partial charge on any atom is 0.408 e.